The fourth-order valence-electron chi connectivity index (χ4n) is 7.16. The minimum absolute atomic E-state index is 1.14. The van der Waals surface area contributed by atoms with Crippen LogP contribution in [0.4, 0.5) is 34.1 Å². The van der Waals surface area contributed by atoms with Crippen molar-refractivity contribution in [3.63, 3.8) is 0 Å². The summed E-state index contributed by atoms with van der Waals surface area (Å²) in [7, 11) is 0. The van der Waals surface area contributed by atoms with Gasteiger partial charge in [-0.25, -0.2) is 0 Å². The predicted octanol–water partition coefficient (Wildman–Crippen LogP) is 14.8. The maximum absolute atomic E-state index is 2.33. The molecule has 266 valence electrons. The van der Waals surface area contributed by atoms with Crippen LogP contribution in [0.25, 0.3) is 24.3 Å². The van der Waals surface area contributed by atoms with Gasteiger partial charge in [-0.1, -0.05) is 103 Å². The minimum atomic E-state index is 1.14. The molecule has 0 spiro atoms. The van der Waals surface area contributed by atoms with Crippen molar-refractivity contribution in [3.05, 3.63) is 213 Å². The molecule has 7 aromatic rings. The predicted molar refractivity (Wildman–Crippen MR) is 235 cm³/mol. The molecule has 0 aliphatic carbocycles. The summed E-state index contributed by atoms with van der Waals surface area (Å²) in [5.41, 5.74) is 19.2. The number of anilines is 6. The third-order valence-corrected chi connectivity index (χ3v) is 10.1. The van der Waals surface area contributed by atoms with Crippen LogP contribution < -0.4 is 9.80 Å². The number of hydrogen-bond donors (Lipinski definition) is 0. The van der Waals surface area contributed by atoms with Crippen LogP contribution in [0.15, 0.2) is 158 Å². The van der Waals surface area contributed by atoms with Gasteiger partial charge in [0.25, 0.3) is 0 Å². The van der Waals surface area contributed by atoms with Crippen molar-refractivity contribution < 1.29 is 0 Å². The van der Waals surface area contributed by atoms with E-state index in [9.17, 15) is 0 Å². The summed E-state index contributed by atoms with van der Waals surface area (Å²) < 4.78 is 0. The highest BCUT2D eigenvalue weighted by atomic mass is 15.1. The summed E-state index contributed by atoms with van der Waals surface area (Å²) in [6.07, 6.45) is 9.01. The van der Waals surface area contributed by atoms with E-state index in [0.717, 1.165) is 34.1 Å². The highest BCUT2D eigenvalue weighted by Gasteiger charge is 2.15. The molecule has 0 aliphatic rings. The van der Waals surface area contributed by atoms with Crippen LogP contribution in [0.1, 0.15) is 55.6 Å². The zero-order chi connectivity index (χ0) is 37.6. The molecule has 0 amide bonds. The minimum Gasteiger partial charge on any atom is -0.310 e. The Morgan fingerprint density at radius 2 is 0.630 bits per heavy atom. The third kappa shape index (κ3) is 8.14. The van der Waals surface area contributed by atoms with Crippen molar-refractivity contribution in [2.75, 3.05) is 9.80 Å². The third-order valence-electron chi connectivity index (χ3n) is 10.1. The first kappa shape index (κ1) is 36.0. The maximum atomic E-state index is 2.33. The fourth-order valence-corrected chi connectivity index (χ4v) is 7.16. The number of nitrogens with zero attached hydrogens (tertiary/aromatic N) is 2. The lowest BCUT2D eigenvalue weighted by molar-refractivity contribution is 1.26. The van der Waals surface area contributed by atoms with E-state index in [1.807, 2.05) is 0 Å². The largest absolute Gasteiger partial charge is 0.310 e. The van der Waals surface area contributed by atoms with E-state index in [4.69, 9.17) is 0 Å². The Balaban J connectivity index is 1.14. The SMILES string of the molecule is Cc1cccc(N(c2ccccc2)c2ccc(/C=C/c3cc(/C=C/c4ccc(N(c5ccccc5)c5cccc(C)c5)cc4C)c(C)cc3C)c(C)c2)c1. The van der Waals surface area contributed by atoms with Crippen LogP contribution in [0.2, 0.25) is 0 Å². The first-order valence-corrected chi connectivity index (χ1v) is 18.8. The van der Waals surface area contributed by atoms with E-state index in [-0.39, 0.29) is 0 Å². The number of para-hydroxylation sites is 2. The number of aryl methyl sites for hydroxylation is 6. The van der Waals surface area contributed by atoms with E-state index >= 15 is 0 Å². The average Bonchev–Trinajstić information content (AvgIpc) is 3.16. The number of benzene rings is 7. The Morgan fingerprint density at radius 3 is 1.02 bits per heavy atom. The quantitative estimate of drug-likeness (QED) is 0.131. The molecule has 2 nitrogen and oxygen atoms in total. The van der Waals surface area contributed by atoms with Gasteiger partial charge in [0.2, 0.25) is 0 Å². The molecule has 0 heterocycles. The summed E-state index contributed by atoms with van der Waals surface area (Å²) in [6.45, 7) is 13.1. The van der Waals surface area contributed by atoms with Gasteiger partial charge in [0.05, 0.1) is 0 Å². The monoisotopic (exact) mass is 700 g/mol. The van der Waals surface area contributed by atoms with Crippen molar-refractivity contribution in [3.8, 4) is 0 Å². The lowest BCUT2D eigenvalue weighted by Gasteiger charge is -2.26. The van der Waals surface area contributed by atoms with Gasteiger partial charge in [-0.05, 0) is 176 Å². The molecule has 0 aromatic heterocycles. The summed E-state index contributed by atoms with van der Waals surface area (Å²) >= 11 is 0. The second-order valence-electron chi connectivity index (χ2n) is 14.3. The van der Waals surface area contributed by atoms with Gasteiger partial charge in [-0.15, -0.1) is 0 Å². The summed E-state index contributed by atoms with van der Waals surface area (Å²) in [6, 6.07) is 56.7. The number of hydrogen-bond acceptors (Lipinski definition) is 2. The molecule has 0 fully saturated rings. The summed E-state index contributed by atoms with van der Waals surface area (Å²) in [4.78, 5) is 4.66. The highest BCUT2D eigenvalue weighted by Crippen LogP contribution is 2.37. The van der Waals surface area contributed by atoms with Crippen LogP contribution in [0.5, 0.6) is 0 Å². The maximum Gasteiger partial charge on any atom is 0.0464 e. The van der Waals surface area contributed by atoms with Gasteiger partial charge in [0.1, 0.15) is 0 Å². The standard InChI is InChI=1S/C52H48N2/c1-37-15-13-21-49(31-37)53(47-17-9-7-10-18-47)51-29-27-43(41(5)34-51)23-25-45-36-46(40(4)33-39(45)3)26-24-44-28-30-52(35-42(44)6)54(48-19-11-8-12-20-48)50-22-14-16-38(2)32-50/h7-36H,1-6H3/b25-23+,26-24+. The molecule has 0 saturated carbocycles. The summed E-state index contributed by atoms with van der Waals surface area (Å²) in [5.74, 6) is 0. The zero-order valence-electron chi connectivity index (χ0n) is 32.2. The topological polar surface area (TPSA) is 6.48 Å². The molecule has 0 aliphatic heterocycles. The van der Waals surface area contributed by atoms with Gasteiger partial charge in [-0.2, -0.15) is 0 Å². The molecule has 7 rings (SSSR count). The van der Waals surface area contributed by atoms with Gasteiger partial charge in [0, 0.05) is 34.1 Å². The van der Waals surface area contributed by atoms with Gasteiger partial charge < -0.3 is 9.80 Å². The molecular formula is C52H48N2. The molecule has 0 saturated heterocycles. The Bertz CT molecular complexity index is 2280. The first-order valence-electron chi connectivity index (χ1n) is 18.8. The van der Waals surface area contributed by atoms with Crippen molar-refractivity contribution in [2.24, 2.45) is 0 Å². The lowest BCUT2D eigenvalue weighted by Crippen LogP contribution is -2.10. The molecule has 0 unspecified atom stereocenters. The fraction of sp³-hybridized carbons (Fsp3) is 0.115. The Hall–Kier alpha value is -6.38. The molecule has 0 N–H and O–H groups in total. The number of rotatable bonds is 10. The summed E-state index contributed by atoms with van der Waals surface area (Å²) in [5, 5.41) is 0. The van der Waals surface area contributed by atoms with Crippen LogP contribution in [0.3, 0.4) is 0 Å². The van der Waals surface area contributed by atoms with E-state index in [1.54, 1.807) is 0 Å². The van der Waals surface area contributed by atoms with Gasteiger partial charge >= 0.3 is 0 Å². The Labute approximate surface area is 322 Å². The molecule has 54 heavy (non-hydrogen) atoms. The first-order chi connectivity index (χ1) is 26.2. The average molecular weight is 701 g/mol. The Morgan fingerprint density at radius 1 is 0.278 bits per heavy atom. The Kier molecular flexibility index (Phi) is 10.7. The van der Waals surface area contributed by atoms with E-state index in [2.05, 4.69) is 233 Å². The molecular weight excluding hydrogens is 653 g/mol. The lowest BCUT2D eigenvalue weighted by atomic mass is 9.97. The van der Waals surface area contributed by atoms with E-state index in [1.165, 1.54) is 55.6 Å². The zero-order valence-corrected chi connectivity index (χ0v) is 32.2. The van der Waals surface area contributed by atoms with E-state index < -0.39 is 0 Å². The molecule has 0 atom stereocenters. The van der Waals surface area contributed by atoms with E-state index in [0.29, 0.717) is 0 Å². The van der Waals surface area contributed by atoms with Crippen molar-refractivity contribution in [2.45, 2.75) is 41.5 Å². The second kappa shape index (κ2) is 16.1. The normalized spacial score (nSPS) is 11.4. The van der Waals surface area contributed by atoms with Crippen molar-refractivity contribution in [1.82, 2.24) is 0 Å². The highest BCUT2D eigenvalue weighted by molar-refractivity contribution is 5.82. The van der Waals surface area contributed by atoms with Crippen molar-refractivity contribution in [1.29, 1.82) is 0 Å². The van der Waals surface area contributed by atoms with Gasteiger partial charge in [0.15, 0.2) is 0 Å². The molecule has 0 bridgehead atoms. The second-order valence-corrected chi connectivity index (χ2v) is 14.3. The van der Waals surface area contributed by atoms with Crippen LogP contribution in [-0.2, 0) is 0 Å². The molecule has 7 aromatic carbocycles. The van der Waals surface area contributed by atoms with Crippen molar-refractivity contribution >= 4 is 58.4 Å². The van der Waals surface area contributed by atoms with Crippen LogP contribution >= 0.6 is 0 Å². The van der Waals surface area contributed by atoms with Crippen LogP contribution in [-0.4, -0.2) is 0 Å². The van der Waals surface area contributed by atoms with Gasteiger partial charge in [-0.3, -0.25) is 0 Å². The molecule has 0 radical (unpaired) electrons. The molecule has 2 heteroatoms. The smallest absolute Gasteiger partial charge is 0.0464 e. The van der Waals surface area contributed by atoms with Crippen LogP contribution in [0, 0.1) is 41.5 Å².